The highest BCUT2D eigenvalue weighted by atomic mass is 16.2. The minimum atomic E-state index is -0.624. The molecule has 0 spiro atoms. The second kappa shape index (κ2) is 6.63. The van der Waals surface area contributed by atoms with Gasteiger partial charge in [0.2, 0.25) is 0 Å². The number of hydrogen-bond acceptors (Lipinski definition) is 4. The molecule has 0 radical (unpaired) electrons. The smallest absolute Gasteiger partial charge is 0.266 e. The zero-order chi connectivity index (χ0) is 20.8. The van der Waals surface area contributed by atoms with E-state index >= 15 is 0 Å². The number of imide groups is 2. The van der Waals surface area contributed by atoms with Crippen molar-refractivity contribution in [3.63, 3.8) is 0 Å². The predicted molar refractivity (Wildman–Crippen MR) is 110 cm³/mol. The third-order valence-corrected chi connectivity index (χ3v) is 5.19. The van der Waals surface area contributed by atoms with Crippen LogP contribution in [0.2, 0.25) is 0 Å². The molecule has 3 aromatic carbocycles. The van der Waals surface area contributed by atoms with Crippen molar-refractivity contribution in [2.75, 3.05) is 4.90 Å². The average molecular weight is 394 g/mol. The maximum absolute atomic E-state index is 13.5. The van der Waals surface area contributed by atoms with Gasteiger partial charge in [0.1, 0.15) is 0 Å². The third-order valence-electron chi connectivity index (χ3n) is 5.19. The van der Waals surface area contributed by atoms with E-state index in [1.807, 2.05) is 12.1 Å². The number of amides is 4. The quantitative estimate of drug-likeness (QED) is 0.692. The molecule has 4 amide bonds. The van der Waals surface area contributed by atoms with E-state index in [2.05, 4.69) is 5.32 Å². The van der Waals surface area contributed by atoms with Gasteiger partial charge in [-0.2, -0.15) is 0 Å². The summed E-state index contributed by atoms with van der Waals surface area (Å²) < 4.78 is 0. The van der Waals surface area contributed by atoms with Gasteiger partial charge in [0, 0.05) is 0 Å². The summed E-state index contributed by atoms with van der Waals surface area (Å²) >= 11 is 0. The zero-order valence-corrected chi connectivity index (χ0v) is 15.6. The van der Waals surface area contributed by atoms with E-state index in [-0.39, 0.29) is 28.0 Å². The highest BCUT2D eigenvalue weighted by Gasteiger charge is 2.43. The highest BCUT2D eigenvalue weighted by molar-refractivity contribution is 6.57. The minimum Gasteiger partial charge on any atom is -0.288 e. The molecule has 1 N–H and O–H groups in total. The van der Waals surface area contributed by atoms with Crippen LogP contribution in [0.5, 0.6) is 0 Å². The molecule has 30 heavy (non-hydrogen) atoms. The summed E-state index contributed by atoms with van der Waals surface area (Å²) in [4.78, 5) is 52.4. The molecule has 6 nitrogen and oxygen atoms in total. The lowest BCUT2D eigenvalue weighted by Crippen LogP contribution is -2.33. The summed E-state index contributed by atoms with van der Waals surface area (Å²) in [6.45, 7) is 0. The van der Waals surface area contributed by atoms with Crippen LogP contribution >= 0.6 is 0 Å². The molecule has 0 unspecified atom stereocenters. The van der Waals surface area contributed by atoms with Gasteiger partial charge in [-0.1, -0.05) is 66.7 Å². The van der Waals surface area contributed by atoms with Gasteiger partial charge in [0.15, 0.2) is 0 Å². The molecule has 0 saturated carbocycles. The lowest BCUT2D eigenvalue weighted by molar-refractivity contribution is -0.119. The van der Waals surface area contributed by atoms with Crippen molar-refractivity contribution >= 4 is 40.5 Å². The molecule has 5 rings (SSSR count). The molecular formula is C24H14N2O4. The molecule has 0 fully saturated rings. The number of fused-ring (bicyclic) bond motifs is 1. The van der Waals surface area contributed by atoms with Crippen LogP contribution in [0.25, 0.3) is 11.1 Å². The third kappa shape index (κ3) is 2.51. The van der Waals surface area contributed by atoms with E-state index in [1.165, 1.54) is 12.1 Å². The Morgan fingerprint density at radius 3 is 1.63 bits per heavy atom. The molecule has 0 aromatic heterocycles. The number of rotatable bonds is 3. The van der Waals surface area contributed by atoms with Gasteiger partial charge < -0.3 is 0 Å². The van der Waals surface area contributed by atoms with Crippen LogP contribution in [0.15, 0.2) is 78.9 Å². The fourth-order valence-corrected chi connectivity index (χ4v) is 3.88. The lowest BCUT2D eigenvalue weighted by Gasteiger charge is -2.17. The van der Waals surface area contributed by atoms with Gasteiger partial charge in [-0.05, 0) is 23.3 Å². The van der Waals surface area contributed by atoms with E-state index < -0.39 is 23.6 Å². The first kappa shape index (κ1) is 17.8. The Bertz CT molecular complexity index is 1220. The molecule has 2 aliphatic heterocycles. The fraction of sp³-hybridized carbons (Fsp3) is 0. The molecule has 0 bridgehead atoms. The molecule has 2 aliphatic rings. The van der Waals surface area contributed by atoms with Crippen molar-refractivity contribution in [3.8, 4) is 0 Å². The molecular weight excluding hydrogens is 380 g/mol. The zero-order valence-electron chi connectivity index (χ0n) is 15.6. The van der Waals surface area contributed by atoms with E-state index in [4.69, 9.17) is 0 Å². The Kier molecular flexibility index (Phi) is 3.93. The first-order chi connectivity index (χ1) is 14.6. The van der Waals surface area contributed by atoms with Crippen LogP contribution in [0.3, 0.4) is 0 Å². The van der Waals surface area contributed by atoms with Crippen LogP contribution in [-0.4, -0.2) is 23.6 Å². The maximum atomic E-state index is 13.5. The number of benzene rings is 3. The Morgan fingerprint density at radius 1 is 0.567 bits per heavy atom. The monoisotopic (exact) mass is 394 g/mol. The summed E-state index contributed by atoms with van der Waals surface area (Å²) in [7, 11) is 0. The van der Waals surface area contributed by atoms with Crippen LogP contribution in [0, 0.1) is 0 Å². The molecule has 0 aliphatic carbocycles. The van der Waals surface area contributed by atoms with Crippen molar-refractivity contribution in [3.05, 3.63) is 101 Å². The normalized spacial score (nSPS) is 15.7. The number of carbonyl (C=O) groups excluding carboxylic acids is 4. The molecule has 2 heterocycles. The molecule has 0 atom stereocenters. The number of anilines is 1. The predicted octanol–water partition coefficient (Wildman–Crippen LogP) is 3.05. The van der Waals surface area contributed by atoms with Crippen molar-refractivity contribution < 1.29 is 19.2 Å². The first-order valence-corrected chi connectivity index (χ1v) is 9.30. The summed E-state index contributed by atoms with van der Waals surface area (Å²) in [5.74, 6) is -2.24. The fourth-order valence-electron chi connectivity index (χ4n) is 3.88. The van der Waals surface area contributed by atoms with Gasteiger partial charge >= 0.3 is 0 Å². The standard InChI is InChI=1S/C24H14N2O4/c27-21-16-12-7-13-17(20(16)22(28)25-21)26-23(29)18(14-8-3-1-4-9-14)19(24(26)30)15-10-5-2-6-11-15/h1-13H,(H,25,27,28). The second-order valence-corrected chi connectivity index (χ2v) is 6.91. The first-order valence-electron chi connectivity index (χ1n) is 9.30. The SMILES string of the molecule is O=C1NC(=O)c2c1cccc2N1C(=O)C(c2ccccc2)=C(c2ccccc2)C1=O. The Labute approximate surface area is 171 Å². The molecule has 6 heteroatoms. The van der Waals surface area contributed by atoms with Crippen molar-refractivity contribution in [1.29, 1.82) is 0 Å². The van der Waals surface area contributed by atoms with Crippen LogP contribution in [0.4, 0.5) is 5.69 Å². The van der Waals surface area contributed by atoms with Crippen LogP contribution in [-0.2, 0) is 9.59 Å². The second-order valence-electron chi connectivity index (χ2n) is 6.91. The maximum Gasteiger partial charge on any atom is 0.266 e. The molecule has 3 aromatic rings. The number of nitrogens with one attached hydrogen (secondary N) is 1. The summed E-state index contributed by atoms with van der Waals surface area (Å²) in [5.41, 5.74) is 2.00. The number of carbonyl (C=O) groups is 4. The van der Waals surface area contributed by atoms with Gasteiger partial charge in [-0.15, -0.1) is 0 Å². The molecule has 144 valence electrons. The Balaban J connectivity index is 1.73. The topological polar surface area (TPSA) is 83.6 Å². The lowest BCUT2D eigenvalue weighted by atomic mass is 9.96. The van der Waals surface area contributed by atoms with E-state index in [9.17, 15) is 19.2 Å². The minimum absolute atomic E-state index is 0.0333. The average Bonchev–Trinajstić information content (AvgIpc) is 3.21. The van der Waals surface area contributed by atoms with Gasteiger partial charge in [0.05, 0.1) is 28.0 Å². The summed E-state index contributed by atoms with van der Waals surface area (Å²) in [6, 6.07) is 22.4. The molecule has 0 saturated heterocycles. The van der Waals surface area contributed by atoms with E-state index in [0.29, 0.717) is 11.1 Å². The van der Waals surface area contributed by atoms with Crippen LogP contribution < -0.4 is 10.2 Å². The Hall–Kier alpha value is -4.32. The van der Waals surface area contributed by atoms with Gasteiger partial charge in [0.25, 0.3) is 23.6 Å². The highest BCUT2D eigenvalue weighted by Crippen LogP contribution is 2.40. The van der Waals surface area contributed by atoms with E-state index in [1.54, 1.807) is 54.6 Å². The van der Waals surface area contributed by atoms with Crippen molar-refractivity contribution in [2.45, 2.75) is 0 Å². The largest absolute Gasteiger partial charge is 0.288 e. The number of hydrogen-bond donors (Lipinski definition) is 1. The number of nitrogens with zero attached hydrogens (tertiary/aromatic N) is 1. The summed E-state index contributed by atoms with van der Waals surface area (Å²) in [6.07, 6.45) is 0. The van der Waals surface area contributed by atoms with Crippen LogP contribution in [0.1, 0.15) is 31.8 Å². The van der Waals surface area contributed by atoms with Gasteiger partial charge in [-0.25, -0.2) is 4.90 Å². The van der Waals surface area contributed by atoms with Crippen molar-refractivity contribution in [2.24, 2.45) is 0 Å². The Morgan fingerprint density at radius 2 is 1.10 bits per heavy atom. The van der Waals surface area contributed by atoms with E-state index in [0.717, 1.165) is 4.90 Å². The summed E-state index contributed by atoms with van der Waals surface area (Å²) in [5, 5.41) is 2.22. The van der Waals surface area contributed by atoms with Gasteiger partial charge in [-0.3, -0.25) is 24.5 Å². The van der Waals surface area contributed by atoms with Crippen molar-refractivity contribution in [1.82, 2.24) is 5.32 Å².